The maximum absolute atomic E-state index is 12.3. The lowest BCUT2D eigenvalue weighted by atomic mass is 10.0. The molecule has 0 spiro atoms. The first kappa shape index (κ1) is 19.6. The number of nitrogens with one attached hydrogen (secondary N) is 1. The second-order valence-electron chi connectivity index (χ2n) is 6.58. The van der Waals surface area contributed by atoms with Gasteiger partial charge in [0.2, 0.25) is 0 Å². The number of aromatic nitrogens is 1. The summed E-state index contributed by atoms with van der Waals surface area (Å²) < 4.78 is 6.77. The van der Waals surface area contributed by atoms with Crippen LogP contribution in [0.1, 0.15) is 30.9 Å². The third kappa shape index (κ3) is 5.17. The van der Waals surface area contributed by atoms with Crippen molar-refractivity contribution in [3.8, 4) is 17.0 Å². The van der Waals surface area contributed by atoms with Crippen LogP contribution in [0.4, 0.5) is 5.13 Å². The standard InChI is InChI=1S/C21H21BrN2O2S/c1-13(2)17-8-7-14(3)9-19(17)26-11-20(25)24-21-23-18(12-27-21)15-5-4-6-16(22)10-15/h4-10,12-13H,11H2,1-3H3,(H,23,24,25). The molecule has 0 atom stereocenters. The van der Waals surface area contributed by atoms with Crippen molar-refractivity contribution in [3.63, 3.8) is 0 Å². The largest absolute Gasteiger partial charge is 0.483 e. The Kier molecular flexibility index (Phi) is 6.29. The molecule has 0 saturated carbocycles. The van der Waals surface area contributed by atoms with Gasteiger partial charge in [-0.3, -0.25) is 10.1 Å². The minimum Gasteiger partial charge on any atom is -0.483 e. The molecule has 0 fully saturated rings. The number of amides is 1. The number of ether oxygens (including phenoxy) is 1. The SMILES string of the molecule is Cc1ccc(C(C)C)c(OCC(=O)Nc2nc(-c3cccc(Br)c3)cs2)c1. The lowest BCUT2D eigenvalue weighted by Gasteiger charge is -2.14. The van der Waals surface area contributed by atoms with E-state index in [2.05, 4.69) is 52.2 Å². The van der Waals surface area contributed by atoms with Gasteiger partial charge in [0, 0.05) is 15.4 Å². The van der Waals surface area contributed by atoms with Crippen LogP contribution in [0, 0.1) is 6.92 Å². The number of aryl methyl sites for hydroxylation is 1. The Balaban J connectivity index is 1.63. The summed E-state index contributed by atoms with van der Waals surface area (Å²) in [6.45, 7) is 6.18. The van der Waals surface area contributed by atoms with Gasteiger partial charge < -0.3 is 4.74 Å². The quantitative estimate of drug-likeness (QED) is 0.505. The van der Waals surface area contributed by atoms with E-state index in [0.29, 0.717) is 11.0 Å². The van der Waals surface area contributed by atoms with E-state index in [1.807, 2.05) is 42.6 Å². The topological polar surface area (TPSA) is 51.2 Å². The molecule has 3 aromatic rings. The maximum atomic E-state index is 12.3. The van der Waals surface area contributed by atoms with Crippen molar-refractivity contribution in [1.82, 2.24) is 4.98 Å². The molecule has 2 aromatic carbocycles. The molecule has 0 saturated heterocycles. The summed E-state index contributed by atoms with van der Waals surface area (Å²) in [5.41, 5.74) is 4.03. The van der Waals surface area contributed by atoms with E-state index >= 15 is 0 Å². The first-order valence-corrected chi connectivity index (χ1v) is 10.3. The molecule has 0 aliphatic heterocycles. The first-order chi connectivity index (χ1) is 12.9. The highest BCUT2D eigenvalue weighted by molar-refractivity contribution is 9.10. The number of nitrogens with zero attached hydrogens (tertiary/aromatic N) is 1. The molecule has 3 rings (SSSR count). The van der Waals surface area contributed by atoms with Crippen molar-refractivity contribution in [3.05, 3.63) is 63.4 Å². The summed E-state index contributed by atoms with van der Waals surface area (Å²) >= 11 is 4.86. The van der Waals surface area contributed by atoms with Gasteiger partial charge in [-0.15, -0.1) is 11.3 Å². The predicted molar refractivity (Wildman–Crippen MR) is 115 cm³/mol. The molecule has 0 bridgehead atoms. The maximum Gasteiger partial charge on any atom is 0.264 e. The lowest BCUT2D eigenvalue weighted by molar-refractivity contribution is -0.118. The molecule has 1 aromatic heterocycles. The molecule has 0 aliphatic rings. The molecule has 1 amide bonds. The fraction of sp³-hybridized carbons (Fsp3) is 0.238. The Hall–Kier alpha value is -2.18. The van der Waals surface area contributed by atoms with E-state index in [9.17, 15) is 4.79 Å². The van der Waals surface area contributed by atoms with Crippen molar-refractivity contribution in [2.24, 2.45) is 0 Å². The fourth-order valence-electron chi connectivity index (χ4n) is 2.65. The molecule has 0 aliphatic carbocycles. The van der Waals surface area contributed by atoms with E-state index < -0.39 is 0 Å². The van der Waals surface area contributed by atoms with Gasteiger partial charge in [0.15, 0.2) is 11.7 Å². The molecule has 140 valence electrons. The van der Waals surface area contributed by atoms with Crippen LogP contribution in [0.3, 0.4) is 0 Å². The number of anilines is 1. The molecular formula is C21H21BrN2O2S. The third-order valence-electron chi connectivity index (χ3n) is 4.02. The molecular weight excluding hydrogens is 424 g/mol. The molecule has 27 heavy (non-hydrogen) atoms. The van der Waals surface area contributed by atoms with Gasteiger partial charge in [0.1, 0.15) is 5.75 Å². The van der Waals surface area contributed by atoms with Crippen LogP contribution in [0.15, 0.2) is 52.3 Å². The van der Waals surface area contributed by atoms with E-state index in [4.69, 9.17) is 4.74 Å². The minimum atomic E-state index is -0.221. The van der Waals surface area contributed by atoms with Crippen molar-refractivity contribution < 1.29 is 9.53 Å². The highest BCUT2D eigenvalue weighted by Crippen LogP contribution is 2.28. The average molecular weight is 445 g/mol. The van der Waals surface area contributed by atoms with Crippen molar-refractivity contribution in [2.75, 3.05) is 11.9 Å². The van der Waals surface area contributed by atoms with Gasteiger partial charge in [-0.05, 0) is 42.2 Å². The molecule has 4 nitrogen and oxygen atoms in total. The minimum absolute atomic E-state index is 0.0467. The summed E-state index contributed by atoms with van der Waals surface area (Å²) in [4.78, 5) is 16.8. The van der Waals surface area contributed by atoms with Crippen LogP contribution in [0.5, 0.6) is 5.75 Å². The number of hydrogen-bond acceptors (Lipinski definition) is 4. The number of hydrogen-bond donors (Lipinski definition) is 1. The molecule has 0 radical (unpaired) electrons. The summed E-state index contributed by atoms with van der Waals surface area (Å²) in [5, 5.41) is 5.30. The van der Waals surface area contributed by atoms with Crippen LogP contribution >= 0.6 is 27.3 Å². The number of thiazole rings is 1. The number of carbonyl (C=O) groups excluding carboxylic acids is 1. The lowest BCUT2D eigenvalue weighted by Crippen LogP contribution is -2.20. The van der Waals surface area contributed by atoms with Crippen LogP contribution in [-0.4, -0.2) is 17.5 Å². The van der Waals surface area contributed by atoms with Crippen LogP contribution < -0.4 is 10.1 Å². The average Bonchev–Trinajstić information content (AvgIpc) is 3.08. The molecule has 1 N–H and O–H groups in total. The third-order valence-corrected chi connectivity index (χ3v) is 5.27. The van der Waals surface area contributed by atoms with Crippen molar-refractivity contribution in [2.45, 2.75) is 26.7 Å². The zero-order chi connectivity index (χ0) is 19.4. The Bertz CT molecular complexity index is 953. The van der Waals surface area contributed by atoms with E-state index in [-0.39, 0.29) is 12.5 Å². The predicted octanol–water partition coefficient (Wildman–Crippen LogP) is 6.02. The number of carbonyl (C=O) groups is 1. The first-order valence-electron chi connectivity index (χ1n) is 8.67. The number of rotatable bonds is 6. The van der Waals surface area contributed by atoms with E-state index in [0.717, 1.165) is 32.6 Å². The highest BCUT2D eigenvalue weighted by atomic mass is 79.9. The van der Waals surface area contributed by atoms with Crippen molar-refractivity contribution in [1.29, 1.82) is 0 Å². The number of halogens is 1. The van der Waals surface area contributed by atoms with Gasteiger partial charge in [-0.2, -0.15) is 0 Å². The van der Waals surface area contributed by atoms with Gasteiger partial charge in [0.05, 0.1) is 5.69 Å². The van der Waals surface area contributed by atoms with Crippen LogP contribution in [-0.2, 0) is 4.79 Å². The van der Waals surface area contributed by atoms with Crippen LogP contribution in [0.25, 0.3) is 11.3 Å². The van der Waals surface area contributed by atoms with E-state index in [1.54, 1.807) is 0 Å². The smallest absolute Gasteiger partial charge is 0.264 e. The Labute approximate surface area is 171 Å². The monoisotopic (exact) mass is 444 g/mol. The zero-order valence-electron chi connectivity index (χ0n) is 15.5. The zero-order valence-corrected chi connectivity index (χ0v) is 17.9. The van der Waals surface area contributed by atoms with Crippen LogP contribution in [0.2, 0.25) is 0 Å². The summed E-state index contributed by atoms with van der Waals surface area (Å²) in [7, 11) is 0. The Morgan fingerprint density at radius 1 is 1.26 bits per heavy atom. The molecule has 6 heteroatoms. The molecule has 0 unspecified atom stereocenters. The van der Waals surface area contributed by atoms with Crippen molar-refractivity contribution >= 4 is 38.3 Å². The summed E-state index contributed by atoms with van der Waals surface area (Å²) in [6, 6.07) is 14.0. The molecule has 1 heterocycles. The Morgan fingerprint density at radius 2 is 2.07 bits per heavy atom. The number of benzene rings is 2. The second kappa shape index (κ2) is 8.67. The van der Waals surface area contributed by atoms with Gasteiger partial charge in [0.25, 0.3) is 5.91 Å². The van der Waals surface area contributed by atoms with Gasteiger partial charge in [-0.25, -0.2) is 4.98 Å². The fourth-order valence-corrected chi connectivity index (χ4v) is 3.79. The van der Waals surface area contributed by atoms with Gasteiger partial charge in [-0.1, -0.05) is 54.0 Å². The normalized spacial score (nSPS) is 10.9. The highest BCUT2D eigenvalue weighted by Gasteiger charge is 2.12. The second-order valence-corrected chi connectivity index (χ2v) is 8.35. The summed E-state index contributed by atoms with van der Waals surface area (Å²) in [5.74, 6) is 0.867. The Morgan fingerprint density at radius 3 is 2.81 bits per heavy atom. The summed E-state index contributed by atoms with van der Waals surface area (Å²) in [6.07, 6.45) is 0. The van der Waals surface area contributed by atoms with Gasteiger partial charge >= 0.3 is 0 Å². The van der Waals surface area contributed by atoms with E-state index in [1.165, 1.54) is 11.3 Å².